The van der Waals surface area contributed by atoms with Gasteiger partial charge in [-0.05, 0) is 19.1 Å². The lowest BCUT2D eigenvalue weighted by atomic mass is 10.3. The van der Waals surface area contributed by atoms with Crippen LogP contribution in [-0.2, 0) is 0 Å². The maximum Gasteiger partial charge on any atom is 0.159 e. The lowest BCUT2D eigenvalue weighted by Crippen LogP contribution is -1.93. The van der Waals surface area contributed by atoms with Crippen LogP contribution < -0.4 is 10.1 Å². The molecule has 0 unspecified atom stereocenters. The van der Waals surface area contributed by atoms with Crippen molar-refractivity contribution in [3.63, 3.8) is 0 Å². The highest BCUT2D eigenvalue weighted by molar-refractivity contribution is 7.12. The van der Waals surface area contributed by atoms with Crippen molar-refractivity contribution in [2.24, 2.45) is 0 Å². The quantitative estimate of drug-likeness (QED) is 0.902. The van der Waals surface area contributed by atoms with E-state index in [0.29, 0.717) is 10.7 Å². The predicted octanol–water partition coefficient (Wildman–Crippen LogP) is 3.08. The minimum atomic E-state index is 0.588. The van der Waals surface area contributed by atoms with Crippen molar-refractivity contribution < 1.29 is 4.74 Å². The highest BCUT2D eigenvalue weighted by Crippen LogP contribution is 2.26. The van der Waals surface area contributed by atoms with Crippen LogP contribution in [-0.4, -0.2) is 12.1 Å². The van der Waals surface area contributed by atoms with Crippen molar-refractivity contribution in [1.82, 2.24) is 4.98 Å². The van der Waals surface area contributed by atoms with Crippen LogP contribution >= 0.6 is 11.3 Å². The average molecular weight is 245 g/mol. The van der Waals surface area contributed by atoms with E-state index in [2.05, 4.69) is 16.4 Å². The molecule has 0 aliphatic rings. The summed E-state index contributed by atoms with van der Waals surface area (Å²) in [5, 5.41) is 12.9. The summed E-state index contributed by atoms with van der Waals surface area (Å²) in [4.78, 5) is 4.86. The number of ether oxygens (including phenoxy) is 1. The predicted molar refractivity (Wildman–Crippen MR) is 67.8 cm³/mol. The maximum atomic E-state index is 8.97. The number of hydrogen-bond donors (Lipinski definition) is 1. The molecule has 86 valence electrons. The Kier molecular flexibility index (Phi) is 3.26. The van der Waals surface area contributed by atoms with E-state index in [4.69, 9.17) is 10.00 Å². The summed E-state index contributed by atoms with van der Waals surface area (Å²) in [6.45, 7) is 1.88. The van der Waals surface area contributed by atoms with Gasteiger partial charge in [0.15, 0.2) is 5.82 Å². The first-order valence-electron chi connectivity index (χ1n) is 5.01. The van der Waals surface area contributed by atoms with Crippen molar-refractivity contribution in [3.05, 3.63) is 34.2 Å². The lowest BCUT2D eigenvalue weighted by Gasteiger charge is -2.05. The fourth-order valence-electron chi connectivity index (χ4n) is 1.43. The number of benzene rings is 1. The second kappa shape index (κ2) is 4.85. The Morgan fingerprint density at radius 2 is 2.29 bits per heavy atom. The SMILES string of the molecule is COc1cccc(Nc2nc(C)sc2C#N)c1. The van der Waals surface area contributed by atoms with Crippen molar-refractivity contribution in [3.8, 4) is 11.8 Å². The normalized spacial score (nSPS) is 9.71. The molecule has 2 rings (SSSR count). The number of methoxy groups -OCH3 is 1. The van der Waals surface area contributed by atoms with Gasteiger partial charge >= 0.3 is 0 Å². The molecule has 1 aromatic heterocycles. The molecule has 0 aliphatic carbocycles. The van der Waals surface area contributed by atoms with Gasteiger partial charge in [-0.1, -0.05) is 6.07 Å². The third kappa shape index (κ3) is 2.55. The van der Waals surface area contributed by atoms with Gasteiger partial charge in [0.1, 0.15) is 16.7 Å². The van der Waals surface area contributed by atoms with Crippen LogP contribution in [0.3, 0.4) is 0 Å². The molecule has 0 aliphatic heterocycles. The largest absolute Gasteiger partial charge is 0.497 e. The molecule has 0 fully saturated rings. The van der Waals surface area contributed by atoms with Gasteiger partial charge in [0, 0.05) is 11.8 Å². The molecule has 1 heterocycles. The van der Waals surface area contributed by atoms with Gasteiger partial charge in [-0.3, -0.25) is 0 Å². The number of nitrogens with zero attached hydrogens (tertiary/aromatic N) is 2. The fraction of sp³-hybridized carbons (Fsp3) is 0.167. The first-order valence-corrected chi connectivity index (χ1v) is 5.83. The van der Waals surface area contributed by atoms with E-state index < -0.39 is 0 Å². The van der Waals surface area contributed by atoms with Crippen LogP contribution in [0.5, 0.6) is 5.75 Å². The van der Waals surface area contributed by atoms with Crippen LogP contribution in [0.15, 0.2) is 24.3 Å². The standard InChI is InChI=1S/C12H11N3OS/c1-8-14-12(11(7-13)17-8)15-9-4-3-5-10(6-9)16-2/h3-6,15H,1-2H3. The smallest absolute Gasteiger partial charge is 0.159 e. The first-order chi connectivity index (χ1) is 8.22. The van der Waals surface area contributed by atoms with E-state index in [9.17, 15) is 0 Å². The second-order valence-electron chi connectivity index (χ2n) is 3.38. The molecule has 2 aromatic rings. The third-order valence-electron chi connectivity index (χ3n) is 2.17. The highest BCUT2D eigenvalue weighted by atomic mass is 32.1. The Labute approximate surface area is 103 Å². The summed E-state index contributed by atoms with van der Waals surface area (Å²) in [5.41, 5.74) is 0.853. The Morgan fingerprint density at radius 3 is 3.00 bits per heavy atom. The van der Waals surface area contributed by atoms with E-state index in [-0.39, 0.29) is 0 Å². The van der Waals surface area contributed by atoms with Crippen LogP contribution in [0.25, 0.3) is 0 Å². The molecule has 0 saturated heterocycles. The molecule has 4 nitrogen and oxygen atoms in total. The zero-order valence-electron chi connectivity index (χ0n) is 9.52. The van der Waals surface area contributed by atoms with Crippen LogP contribution in [0.2, 0.25) is 0 Å². The summed E-state index contributed by atoms with van der Waals surface area (Å²) in [6.07, 6.45) is 0. The first kappa shape index (κ1) is 11.4. The molecule has 17 heavy (non-hydrogen) atoms. The minimum Gasteiger partial charge on any atom is -0.497 e. The van der Waals surface area contributed by atoms with Gasteiger partial charge in [-0.25, -0.2) is 4.98 Å². The van der Waals surface area contributed by atoms with Crippen LogP contribution in [0, 0.1) is 18.3 Å². The van der Waals surface area contributed by atoms with Gasteiger partial charge < -0.3 is 10.1 Å². The van der Waals surface area contributed by atoms with Gasteiger partial charge in [0.05, 0.1) is 12.1 Å². The van der Waals surface area contributed by atoms with E-state index in [1.165, 1.54) is 11.3 Å². The molecule has 0 spiro atoms. The van der Waals surface area contributed by atoms with E-state index in [1.54, 1.807) is 7.11 Å². The zero-order chi connectivity index (χ0) is 12.3. The number of aromatic nitrogens is 1. The van der Waals surface area contributed by atoms with Crippen molar-refractivity contribution >= 4 is 22.8 Å². The molecule has 0 atom stereocenters. The van der Waals surface area contributed by atoms with Gasteiger partial charge in [0.25, 0.3) is 0 Å². The Morgan fingerprint density at radius 1 is 1.47 bits per heavy atom. The highest BCUT2D eigenvalue weighted by Gasteiger charge is 2.08. The number of rotatable bonds is 3. The monoisotopic (exact) mass is 245 g/mol. The van der Waals surface area contributed by atoms with Crippen LogP contribution in [0.4, 0.5) is 11.5 Å². The van der Waals surface area contributed by atoms with E-state index in [1.807, 2.05) is 31.2 Å². The van der Waals surface area contributed by atoms with E-state index >= 15 is 0 Å². The summed E-state index contributed by atoms with van der Waals surface area (Å²) < 4.78 is 5.13. The summed E-state index contributed by atoms with van der Waals surface area (Å²) in [5.74, 6) is 1.36. The molecule has 1 aromatic carbocycles. The van der Waals surface area contributed by atoms with Gasteiger partial charge in [-0.15, -0.1) is 11.3 Å². The molecule has 0 amide bonds. The average Bonchev–Trinajstić information content (AvgIpc) is 2.69. The Balaban J connectivity index is 2.28. The van der Waals surface area contributed by atoms with Gasteiger partial charge in [-0.2, -0.15) is 5.26 Å². The summed E-state index contributed by atoms with van der Waals surface area (Å²) >= 11 is 1.38. The Hall–Kier alpha value is -2.06. The molecule has 1 N–H and O–H groups in total. The number of hydrogen-bond acceptors (Lipinski definition) is 5. The second-order valence-corrected chi connectivity index (χ2v) is 4.58. The van der Waals surface area contributed by atoms with E-state index in [0.717, 1.165) is 16.4 Å². The zero-order valence-corrected chi connectivity index (χ0v) is 10.3. The topological polar surface area (TPSA) is 57.9 Å². The number of aryl methyl sites for hydroxylation is 1. The van der Waals surface area contributed by atoms with Crippen molar-refractivity contribution in [2.45, 2.75) is 6.92 Å². The van der Waals surface area contributed by atoms with Crippen LogP contribution in [0.1, 0.15) is 9.88 Å². The van der Waals surface area contributed by atoms with Crippen molar-refractivity contribution in [1.29, 1.82) is 5.26 Å². The van der Waals surface area contributed by atoms with Crippen molar-refractivity contribution in [2.75, 3.05) is 12.4 Å². The molecule has 0 bridgehead atoms. The molecular formula is C12H11N3OS. The summed E-state index contributed by atoms with van der Waals surface area (Å²) in [6, 6.07) is 9.63. The molecular weight excluding hydrogens is 234 g/mol. The lowest BCUT2D eigenvalue weighted by molar-refractivity contribution is 0.415. The summed E-state index contributed by atoms with van der Waals surface area (Å²) in [7, 11) is 1.62. The Bertz CT molecular complexity index is 571. The minimum absolute atomic E-state index is 0.588. The molecule has 5 heteroatoms. The number of nitrogens with one attached hydrogen (secondary N) is 1. The number of nitriles is 1. The maximum absolute atomic E-state index is 8.97. The molecule has 0 radical (unpaired) electrons. The molecule has 0 saturated carbocycles. The third-order valence-corrected chi connectivity index (χ3v) is 3.04. The fourth-order valence-corrected chi connectivity index (χ4v) is 2.10. The number of anilines is 2. The number of thiazole rings is 1. The van der Waals surface area contributed by atoms with Gasteiger partial charge in [0.2, 0.25) is 0 Å².